The third-order valence-corrected chi connectivity index (χ3v) is 2.72. The van der Waals surface area contributed by atoms with Crippen LogP contribution in [0.15, 0.2) is 17.6 Å². The Labute approximate surface area is 135 Å². The number of halogens is 1. The van der Waals surface area contributed by atoms with E-state index in [1.807, 2.05) is 6.92 Å². The van der Waals surface area contributed by atoms with Gasteiger partial charge in [0.1, 0.15) is 0 Å². The monoisotopic (exact) mass is 383 g/mol. The molecule has 0 spiro atoms. The average Bonchev–Trinajstić information content (AvgIpc) is 2.33. The first kappa shape index (κ1) is 21.0. The van der Waals surface area contributed by atoms with Crippen molar-refractivity contribution in [2.45, 2.75) is 52.1 Å². The minimum absolute atomic E-state index is 0. The molecule has 0 atom stereocenters. The number of hydrogen-bond acceptors (Lipinski definition) is 2. The number of aliphatic imine (C=N–C) groups is 1. The van der Waals surface area contributed by atoms with Crippen molar-refractivity contribution in [2.75, 3.05) is 19.6 Å². The second-order valence-electron chi connectivity index (χ2n) is 4.59. The van der Waals surface area contributed by atoms with Crippen LogP contribution in [0.5, 0.6) is 0 Å². The van der Waals surface area contributed by atoms with Crippen LogP contribution in [0.4, 0.5) is 0 Å². The first-order chi connectivity index (χ1) is 8.61. The summed E-state index contributed by atoms with van der Waals surface area (Å²) in [5.41, 5.74) is -0.667. The third-order valence-electron chi connectivity index (χ3n) is 2.72. The van der Waals surface area contributed by atoms with Gasteiger partial charge in [-0.1, -0.05) is 32.8 Å². The average molecular weight is 383 g/mol. The van der Waals surface area contributed by atoms with Crippen LogP contribution in [0, 0.1) is 0 Å². The van der Waals surface area contributed by atoms with E-state index in [-0.39, 0.29) is 24.0 Å². The molecule has 0 aromatic rings. The molecule has 0 saturated heterocycles. The van der Waals surface area contributed by atoms with Crippen LogP contribution in [0.3, 0.4) is 0 Å². The van der Waals surface area contributed by atoms with Crippen molar-refractivity contribution in [3.63, 3.8) is 0 Å². The van der Waals surface area contributed by atoms with Crippen molar-refractivity contribution in [1.82, 2.24) is 10.6 Å². The molecular formula is C14H30IN3O. The molecule has 0 radical (unpaired) electrons. The Kier molecular flexibility index (Phi) is 14.1. The number of nitrogens with one attached hydrogen (secondary N) is 2. The van der Waals surface area contributed by atoms with Gasteiger partial charge in [-0.2, -0.15) is 0 Å². The van der Waals surface area contributed by atoms with Crippen LogP contribution in [-0.4, -0.2) is 36.3 Å². The molecule has 0 aromatic heterocycles. The lowest BCUT2D eigenvalue weighted by molar-refractivity contribution is 0.0306. The fourth-order valence-electron chi connectivity index (χ4n) is 1.95. The molecule has 0 rings (SSSR count). The summed E-state index contributed by atoms with van der Waals surface area (Å²) in [5, 5.41) is 16.8. The number of nitrogens with zero attached hydrogens (tertiary/aromatic N) is 1. The fourth-order valence-corrected chi connectivity index (χ4v) is 1.95. The van der Waals surface area contributed by atoms with E-state index >= 15 is 0 Å². The summed E-state index contributed by atoms with van der Waals surface area (Å²) in [5.74, 6) is 0.739. The van der Waals surface area contributed by atoms with Crippen LogP contribution >= 0.6 is 24.0 Å². The summed E-state index contributed by atoms with van der Waals surface area (Å²) in [6, 6.07) is 0. The first-order valence-corrected chi connectivity index (χ1v) is 6.97. The molecule has 5 heteroatoms. The highest BCUT2D eigenvalue weighted by molar-refractivity contribution is 14.0. The summed E-state index contributed by atoms with van der Waals surface area (Å²) >= 11 is 0. The Balaban J connectivity index is 0. The molecule has 0 unspecified atom stereocenters. The molecule has 0 heterocycles. The van der Waals surface area contributed by atoms with Gasteiger partial charge in [-0.05, 0) is 19.8 Å². The Morgan fingerprint density at radius 3 is 2.21 bits per heavy atom. The van der Waals surface area contributed by atoms with Gasteiger partial charge in [-0.3, -0.25) is 4.99 Å². The number of guanidine groups is 1. The second kappa shape index (κ2) is 12.7. The third kappa shape index (κ3) is 10.2. The quantitative estimate of drug-likeness (QED) is 0.248. The van der Waals surface area contributed by atoms with Crippen molar-refractivity contribution < 1.29 is 5.11 Å². The molecule has 0 amide bonds. The van der Waals surface area contributed by atoms with Crippen LogP contribution < -0.4 is 10.6 Å². The molecule has 0 aromatic carbocycles. The highest BCUT2D eigenvalue weighted by atomic mass is 127. The van der Waals surface area contributed by atoms with Crippen molar-refractivity contribution in [3.8, 4) is 0 Å². The standard InChI is InChI=1S/C14H29N3O.HI/c1-5-9-14(18,10-6-2)12-17-13(15-8-4)16-11-7-3;/h7,18H,3,5-6,8-12H2,1-2,4H3,(H2,15,16,17);1H. The SMILES string of the molecule is C=CCNC(=NCC(O)(CCC)CCC)NCC.I. The van der Waals surface area contributed by atoms with Gasteiger partial charge in [0, 0.05) is 13.1 Å². The summed E-state index contributed by atoms with van der Waals surface area (Å²) in [4.78, 5) is 4.46. The number of rotatable bonds is 9. The van der Waals surface area contributed by atoms with E-state index < -0.39 is 5.60 Å². The molecule has 0 fully saturated rings. The molecule has 0 aliphatic heterocycles. The van der Waals surface area contributed by atoms with E-state index in [4.69, 9.17) is 0 Å². The van der Waals surface area contributed by atoms with Crippen molar-refractivity contribution in [1.29, 1.82) is 0 Å². The smallest absolute Gasteiger partial charge is 0.191 e. The molecule has 3 N–H and O–H groups in total. The highest BCUT2D eigenvalue weighted by Crippen LogP contribution is 2.19. The van der Waals surface area contributed by atoms with E-state index in [0.717, 1.165) is 38.2 Å². The van der Waals surface area contributed by atoms with Crippen molar-refractivity contribution in [2.24, 2.45) is 4.99 Å². The minimum Gasteiger partial charge on any atom is -0.388 e. The molecule has 0 aliphatic rings. The molecule has 19 heavy (non-hydrogen) atoms. The van der Waals surface area contributed by atoms with Crippen LogP contribution in [0.25, 0.3) is 0 Å². The maximum Gasteiger partial charge on any atom is 0.191 e. The fraction of sp³-hybridized carbons (Fsp3) is 0.786. The maximum absolute atomic E-state index is 10.5. The highest BCUT2D eigenvalue weighted by Gasteiger charge is 2.24. The molecular weight excluding hydrogens is 353 g/mol. The zero-order chi connectivity index (χ0) is 13.9. The van der Waals surface area contributed by atoms with Gasteiger partial charge < -0.3 is 15.7 Å². The minimum atomic E-state index is -0.667. The zero-order valence-electron chi connectivity index (χ0n) is 12.5. The van der Waals surface area contributed by atoms with Gasteiger partial charge in [0.25, 0.3) is 0 Å². The largest absolute Gasteiger partial charge is 0.388 e. The van der Waals surface area contributed by atoms with Gasteiger partial charge in [-0.15, -0.1) is 30.6 Å². The lowest BCUT2D eigenvalue weighted by Gasteiger charge is -2.26. The predicted octanol–water partition coefficient (Wildman–Crippen LogP) is 2.68. The Hall–Kier alpha value is -0.300. The van der Waals surface area contributed by atoms with Crippen LogP contribution in [0.2, 0.25) is 0 Å². The van der Waals surface area contributed by atoms with Crippen LogP contribution in [0.1, 0.15) is 46.5 Å². The molecule has 4 nitrogen and oxygen atoms in total. The van der Waals surface area contributed by atoms with E-state index in [2.05, 4.69) is 36.1 Å². The lowest BCUT2D eigenvalue weighted by atomic mass is 9.93. The summed E-state index contributed by atoms with van der Waals surface area (Å²) < 4.78 is 0. The summed E-state index contributed by atoms with van der Waals surface area (Å²) in [7, 11) is 0. The maximum atomic E-state index is 10.5. The van der Waals surface area contributed by atoms with Gasteiger partial charge in [0.05, 0.1) is 12.1 Å². The topological polar surface area (TPSA) is 56.7 Å². The molecule has 0 saturated carbocycles. The van der Waals surface area contributed by atoms with Crippen LogP contribution in [-0.2, 0) is 0 Å². The Bertz CT molecular complexity index is 251. The summed E-state index contributed by atoms with van der Waals surface area (Å²) in [6.45, 7) is 11.8. The van der Waals surface area contributed by atoms with Gasteiger partial charge in [0.15, 0.2) is 5.96 Å². The molecule has 0 bridgehead atoms. The van der Waals surface area contributed by atoms with E-state index in [1.54, 1.807) is 6.08 Å². The first-order valence-electron chi connectivity index (χ1n) is 6.97. The van der Waals surface area contributed by atoms with E-state index in [9.17, 15) is 5.11 Å². The summed E-state index contributed by atoms with van der Waals surface area (Å²) in [6.07, 6.45) is 5.33. The molecule has 114 valence electrons. The number of hydrogen-bond donors (Lipinski definition) is 3. The van der Waals surface area contributed by atoms with Gasteiger partial charge in [0.2, 0.25) is 0 Å². The van der Waals surface area contributed by atoms with Gasteiger partial charge >= 0.3 is 0 Å². The Morgan fingerprint density at radius 1 is 1.21 bits per heavy atom. The van der Waals surface area contributed by atoms with E-state index in [1.165, 1.54) is 0 Å². The van der Waals surface area contributed by atoms with E-state index in [0.29, 0.717) is 13.1 Å². The number of aliphatic hydroxyl groups is 1. The zero-order valence-corrected chi connectivity index (χ0v) is 14.9. The normalized spacial score (nSPS) is 11.7. The van der Waals surface area contributed by atoms with Crippen molar-refractivity contribution in [3.05, 3.63) is 12.7 Å². The predicted molar refractivity (Wildman–Crippen MR) is 94.4 cm³/mol. The second-order valence-corrected chi connectivity index (χ2v) is 4.59. The Morgan fingerprint density at radius 2 is 1.79 bits per heavy atom. The van der Waals surface area contributed by atoms with Crippen molar-refractivity contribution >= 4 is 29.9 Å². The van der Waals surface area contributed by atoms with Gasteiger partial charge in [-0.25, -0.2) is 0 Å². The lowest BCUT2D eigenvalue weighted by Crippen LogP contribution is -2.40. The molecule has 0 aliphatic carbocycles.